The Morgan fingerprint density at radius 1 is 0.740 bits per heavy atom. The van der Waals surface area contributed by atoms with Crippen molar-refractivity contribution in [1.82, 2.24) is 19.6 Å². The first kappa shape index (κ1) is 44.0. The van der Waals surface area contributed by atoms with Gasteiger partial charge in [-0.1, -0.05) is 49.3 Å². The van der Waals surface area contributed by atoms with Gasteiger partial charge in [0.25, 0.3) is 5.91 Å². The molecule has 1 aliphatic carbocycles. The van der Waals surface area contributed by atoms with E-state index in [2.05, 4.69) is 32.6 Å². The Bertz CT molecular complexity index is 1430. The number of carbonyl (C=O) groups excluding carboxylic acids is 1. The summed E-state index contributed by atoms with van der Waals surface area (Å²) in [7, 11) is 0. The van der Waals surface area contributed by atoms with Crippen molar-refractivity contribution in [2.75, 3.05) is 58.9 Å². The summed E-state index contributed by atoms with van der Waals surface area (Å²) in [4.78, 5) is 22.0. The molecule has 2 aromatic carbocycles. The van der Waals surface area contributed by atoms with Gasteiger partial charge in [-0.3, -0.25) is 19.5 Å². The van der Waals surface area contributed by atoms with Crippen LogP contribution in [-0.4, -0.2) is 96.5 Å². The number of hydrogen-bond acceptors (Lipinski definition) is 4. The van der Waals surface area contributed by atoms with Crippen molar-refractivity contribution in [1.29, 1.82) is 0 Å². The summed E-state index contributed by atoms with van der Waals surface area (Å²) in [6, 6.07) is 7.71. The molecule has 3 fully saturated rings. The number of amides is 1. The molecule has 1 saturated carbocycles. The lowest BCUT2D eigenvalue weighted by Crippen LogP contribution is -2.55. The van der Waals surface area contributed by atoms with Gasteiger partial charge in [-0.2, -0.15) is 26.3 Å². The Hall–Kier alpha value is -2.20. The lowest BCUT2D eigenvalue weighted by Gasteiger charge is -2.41. The summed E-state index contributed by atoms with van der Waals surface area (Å²) in [5.74, 6) is 5.78. The predicted molar refractivity (Wildman–Crippen MR) is 192 cm³/mol. The summed E-state index contributed by atoms with van der Waals surface area (Å²) in [5.41, 5.74) is -0.307. The van der Waals surface area contributed by atoms with Crippen molar-refractivity contribution in [2.24, 2.45) is 0 Å². The average molecular weight is 772 g/mol. The van der Waals surface area contributed by atoms with Gasteiger partial charge in [-0.15, -0.1) is 37.2 Å². The van der Waals surface area contributed by atoms with Gasteiger partial charge in [0.1, 0.15) is 0 Å². The second-order valence-electron chi connectivity index (χ2n) is 13.3. The van der Waals surface area contributed by atoms with E-state index in [9.17, 15) is 31.1 Å². The fraction of sp³-hybridized carbons (Fsp3) is 0.583. The highest BCUT2D eigenvalue weighted by atomic mass is 35.5. The number of halogens is 9. The number of hydrogen-bond donors (Lipinski definition) is 0. The van der Waals surface area contributed by atoms with E-state index in [1.165, 1.54) is 37.0 Å². The van der Waals surface area contributed by atoms with Crippen molar-refractivity contribution >= 4 is 43.1 Å². The summed E-state index contributed by atoms with van der Waals surface area (Å²) in [5, 5.41) is 0. The molecule has 0 radical (unpaired) electrons. The topological polar surface area (TPSA) is 30.0 Å². The van der Waals surface area contributed by atoms with E-state index in [-0.39, 0.29) is 62.4 Å². The van der Waals surface area contributed by atoms with Crippen LogP contribution in [0.1, 0.15) is 70.3 Å². The van der Waals surface area contributed by atoms with Crippen LogP contribution in [-0.2, 0) is 18.8 Å². The molecule has 2 saturated heterocycles. The molecule has 280 valence electrons. The fourth-order valence-corrected chi connectivity index (χ4v) is 7.00. The molecule has 1 amide bonds. The molecule has 0 N–H and O–H groups in total. The van der Waals surface area contributed by atoms with Crippen molar-refractivity contribution in [3.05, 3.63) is 69.8 Å². The summed E-state index contributed by atoms with van der Waals surface area (Å²) in [6.07, 6.45) is -2.88. The van der Waals surface area contributed by atoms with Crippen LogP contribution in [0, 0.1) is 25.7 Å². The van der Waals surface area contributed by atoms with Gasteiger partial charge in [0, 0.05) is 63.5 Å². The Morgan fingerprint density at radius 2 is 1.34 bits per heavy atom. The van der Waals surface area contributed by atoms with Crippen LogP contribution >= 0.6 is 37.2 Å². The highest BCUT2D eigenvalue weighted by Gasteiger charge is 2.39. The number of aryl methyl sites for hydroxylation is 2. The van der Waals surface area contributed by atoms with Crippen LogP contribution in [0.3, 0.4) is 0 Å². The van der Waals surface area contributed by atoms with Gasteiger partial charge in [-0.25, -0.2) is 0 Å². The van der Waals surface area contributed by atoms with Gasteiger partial charge in [-0.05, 0) is 68.0 Å². The Kier molecular flexibility index (Phi) is 16.7. The first-order valence-electron chi connectivity index (χ1n) is 16.6. The summed E-state index contributed by atoms with van der Waals surface area (Å²) < 4.78 is 81.0. The standard InChI is InChI=1S/C36H44F6N4O.3ClH/c1-26-10-11-28(20-27(26)2)21-33-25-46(34(47)29-22-30(35(37,38)39)24-31(23-29)36(40,41)42)19-18-44(33)13-7-6-12-43-14-16-45(17-15-43)32-8-4-3-5-9-32;;;/h10-11,20,22-24,32-33H,3-5,8-9,12-19,21,25H2,1-2H3;3*1H. The zero-order chi connectivity index (χ0) is 33.8. The third kappa shape index (κ3) is 11.7. The molecule has 14 heteroatoms. The highest BCUT2D eigenvalue weighted by Crippen LogP contribution is 2.37. The minimum Gasteiger partial charge on any atom is -0.336 e. The van der Waals surface area contributed by atoms with E-state index in [4.69, 9.17) is 0 Å². The molecule has 2 aromatic rings. The van der Waals surface area contributed by atoms with Gasteiger partial charge in [0.15, 0.2) is 0 Å². The Morgan fingerprint density at radius 3 is 1.92 bits per heavy atom. The van der Waals surface area contributed by atoms with E-state index >= 15 is 0 Å². The monoisotopic (exact) mass is 770 g/mol. The maximum absolute atomic E-state index is 13.5. The molecule has 2 aliphatic heterocycles. The Labute approximate surface area is 310 Å². The predicted octanol–water partition coefficient (Wildman–Crippen LogP) is 7.93. The van der Waals surface area contributed by atoms with Gasteiger partial charge < -0.3 is 4.90 Å². The normalized spacial score (nSPS) is 19.8. The van der Waals surface area contributed by atoms with Crippen molar-refractivity contribution in [3.63, 3.8) is 0 Å². The zero-order valence-electron chi connectivity index (χ0n) is 28.4. The molecule has 2 heterocycles. The molecular formula is C36H47Cl3F6N4O. The van der Waals surface area contributed by atoms with E-state index in [1.54, 1.807) is 0 Å². The molecule has 1 unspecified atom stereocenters. The molecule has 50 heavy (non-hydrogen) atoms. The third-order valence-corrected chi connectivity index (χ3v) is 9.98. The van der Waals surface area contributed by atoms with Gasteiger partial charge >= 0.3 is 12.4 Å². The second kappa shape index (κ2) is 19.0. The number of carbonyl (C=O) groups is 1. The minimum absolute atomic E-state index is 0. The van der Waals surface area contributed by atoms with Gasteiger partial charge in [0.2, 0.25) is 0 Å². The molecular weight excluding hydrogens is 725 g/mol. The smallest absolute Gasteiger partial charge is 0.336 e. The number of rotatable bonds is 6. The SMILES string of the molecule is Cc1ccc(CC2CN(C(=O)c3cc(C(F)(F)F)cc(C(F)(F)F)c3)CCN2CC#CCN2CCN(C3CCCCC3)CC2)cc1C.Cl.Cl.Cl. The van der Waals surface area contributed by atoms with Crippen LogP contribution in [0.25, 0.3) is 0 Å². The van der Waals surface area contributed by atoms with Crippen LogP contribution in [0.15, 0.2) is 36.4 Å². The molecule has 5 nitrogen and oxygen atoms in total. The third-order valence-electron chi connectivity index (χ3n) is 9.98. The number of alkyl halides is 6. The number of benzene rings is 2. The summed E-state index contributed by atoms with van der Waals surface area (Å²) >= 11 is 0. The zero-order valence-corrected chi connectivity index (χ0v) is 30.9. The lowest BCUT2D eigenvalue weighted by molar-refractivity contribution is -0.143. The fourth-order valence-electron chi connectivity index (χ4n) is 7.00. The molecule has 3 aliphatic rings. The Balaban J connectivity index is 0.00000289. The van der Waals surface area contributed by atoms with Crippen LogP contribution < -0.4 is 0 Å². The molecule has 0 spiro atoms. The van der Waals surface area contributed by atoms with Crippen molar-refractivity contribution in [3.8, 4) is 11.8 Å². The van der Waals surface area contributed by atoms with Crippen LogP contribution in [0.4, 0.5) is 26.3 Å². The lowest BCUT2D eigenvalue weighted by atomic mass is 9.94. The van der Waals surface area contributed by atoms with E-state index in [1.807, 2.05) is 26.0 Å². The largest absolute Gasteiger partial charge is 0.416 e. The van der Waals surface area contributed by atoms with Crippen molar-refractivity contribution in [2.45, 2.75) is 76.8 Å². The van der Waals surface area contributed by atoms with E-state index in [0.29, 0.717) is 38.2 Å². The van der Waals surface area contributed by atoms with Crippen LogP contribution in [0.2, 0.25) is 0 Å². The molecule has 1 atom stereocenters. The maximum Gasteiger partial charge on any atom is 0.416 e. The first-order valence-corrected chi connectivity index (χ1v) is 16.6. The van der Waals surface area contributed by atoms with E-state index in [0.717, 1.165) is 48.9 Å². The number of piperazine rings is 2. The van der Waals surface area contributed by atoms with E-state index < -0.39 is 35.0 Å². The quantitative estimate of drug-likeness (QED) is 0.221. The minimum atomic E-state index is -5.03. The molecule has 5 rings (SSSR count). The average Bonchev–Trinajstić information content (AvgIpc) is 3.04. The highest BCUT2D eigenvalue weighted by molar-refractivity contribution is 5.95. The molecule has 0 bridgehead atoms. The molecule has 0 aromatic heterocycles. The summed E-state index contributed by atoms with van der Waals surface area (Å²) in [6.45, 7) is 10.0. The first-order chi connectivity index (χ1) is 22.3. The maximum atomic E-state index is 13.5. The number of nitrogens with zero attached hydrogens (tertiary/aromatic N) is 4. The van der Waals surface area contributed by atoms with Crippen molar-refractivity contribution < 1.29 is 31.1 Å². The van der Waals surface area contributed by atoms with Crippen LogP contribution in [0.5, 0.6) is 0 Å². The second-order valence-corrected chi connectivity index (χ2v) is 13.3. The van der Waals surface area contributed by atoms with Gasteiger partial charge in [0.05, 0.1) is 24.2 Å².